The summed E-state index contributed by atoms with van der Waals surface area (Å²) in [4.78, 5) is 14.8. The van der Waals surface area contributed by atoms with Gasteiger partial charge in [-0.05, 0) is 6.07 Å². The maximum Gasteiger partial charge on any atom is 0.329 e. The van der Waals surface area contributed by atoms with Gasteiger partial charge in [-0.2, -0.15) is 0 Å². The molecule has 5 heteroatoms. The summed E-state index contributed by atoms with van der Waals surface area (Å²) in [6.45, 7) is 0. The van der Waals surface area contributed by atoms with E-state index in [1.165, 1.54) is 11.8 Å². The number of hydrogen-bond acceptors (Lipinski definition) is 3. The van der Waals surface area contributed by atoms with Crippen LogP contribution in [-0.2, 0) is 4.79 Å². The lowest BCUT2D eigenvalue weighted by Gasteiger charge is -2.01. The molecule has 1 aromatic carbocycles. The molecule has 1 atom stereocenters. The van der Waals surface area contributed by atoms with Gasteiger partial charge in [0.25, 0.3) is 0 Å². The minimum absolute atomic E-state index is 0.482. The molecule has 3 nitrogen and oxygen atoms in total. The van der Waals surface area contributed by atoms with E-state index in [9.17, 15) is 4.79 Å². The van der Waals surface area contributed by atoms with Crippen LogP contribution in [0.1, 0.15) is 5.56 Å². The highest BCUT2D eigenvalue weighted by molar-refractivity contribution is 8.14. The summed E-state index contributed by atoms with van der Waals surface area (Å²) in [5.41, 5.74) is 0.813. The lowest BCUT2D eigenvalue weighted by Crippen LogP contribution is -2.17. The molecule has 0 spiro atoms. The van der Waals surface area contributed by atoms with Crippen LogP contribution in [0, 0.1) is 0 Å². The number of rotatable bonds is 2. The Balaban J connectivity index is 2.30. The Kier molecular flexibility index (Phi) is 2.98. The number of halogens is 1. The summed E-state index contributed by atoms with van der Waals surface area (Å²) in [6, 6.07) is 6.67. The summed E-state index contributed by atoms with van der Waals surface area (Å²) >= 11 is 7.42. The summed E-state index contributed by atoms with van der Waals surface area (Å²) in [5.74, 6) is -0.403. The molecule has 78 valence electrons. The fourth-order valence-electron chi connectivity index (χ4n) is 1.28. The molecule has 0 saturated carbocycles. The molecule has 0 radical (unpaired) electrons. The molecule has 1 heterocycles. The average Bonchev–Trinajstić information content (AvgIpc) is 2.67. The molecule has 2 rings (SSSR count). The zero-order valence-corrected chi connectivity index (χ0v) is 9.26. The van der Waals surface area contributed by atoms with E-state index < -0.39 is 12.0 Å². The maximum atomic E-state index is 10.7. The van der Waals surface area contributed by atoms with Crippen LogP contribution in [0.4, 0.5) is 0 Å². The number of aliphatic imine (C=N–C) groups is 1. The lowest BCUT2D eigenvalue weighted by molar-refractivity contribution is -0.137. The Hall–Kier alpha value is -1.00. The summed E-state index contributed by atoms with van der Waals surface area (Å²) in [5, 5.41) is 10.1. The molecular weight excluding hydrogens is 234 g/mol. The van der Waals surface area contributed by atoms with E-state index in [0.717, 1.165) is 5.56 Å². The van der Waals surface area contributed by atoms with Crippen LogP contribution in [0.25, 0.3) is 0 Å². The normalized spacial score (nSPS) is 20.1. The predicted octanol–water partition coefficient (Wildman–Crippen LogP) is 2.29. The predicted molar refractivity (Wildman–Crippen MR) is 61.9 cm³/mol. The lowest BCUT2D eigenvalue weighted by atomic mass is 10.2. The van der Waals surface area contributed by atoms with E-state index in [4.69, 9.17) is 16.7 Å². The van der Waals surface area contributed by atoms with Gasteiger partial charge in [-0.25, -0.2) is 4.79 Å². The van der Waals surface area contributed by atoms with Gasteiger partial charge < -0.3 is 5.11 Å². The first kappa shape index (κ1) is 10.5. The zero-order chi connectivity index (χ0) is 10.8. The molecule has 0 fully saturated rings. The van der Waals surface area contributed by atoms with Crippen molar-refractivity contribution in [2.75, 3.05) is 5.75 Å². The number of benzene rings is 1. The van der Waals surface area contributed by atoms with Crippen LogP contribution in [0.15, 0.2) is 29.3 Å². The minimum Gasteiger partial charge on any atom is -0.480 e. The van der Waals surface area contributed by atoms with Gasteiger partial charge >= 0.3 is 5.97 Å². The second kappa shape index (κ2) is 4.24. The van der Waals surface area contributed by atoms with E-state index in [1.54, 1.807) is 6.07 Å². The number of thioether (sulfide) groups is 1. The highest BCUT2D eigenvalue weighted by atomic mass is 35.5. The number of carbonyl (C=O) groups is 1. The van der Waals surface area contributed by atoms with Crippen molar-refractivity contribution in [1.82, 2.24) is 0 Å². The third-order valence-electron chi connectivity index (χ3n) is 2.04. The van der Waals surface area contributed by atoms with Crippen molar-refractivity contribution in [2.45, 2.75) is 6.04 Å². The Morgan fingerprint density at radius 2 is 2.27 bits per heavy atom. The van der Waals surface area contributed by atoms with Crippen LogP contribution < -0.4 is 0 Å². The van der Waals surface area contributed by atoms with Gasteiger partial charge in [-0.1, -0.05) is 29.8 Å². The Bertz CT molecular complexity index is 433. The van der Waals surface area contributed by atoms with Crippen molar-refractivity contribution in [3.8, 4) is 0 Å². The van der Waals surface area contributed by atoms with E-state index in [2.05, 4.69) is 4.99 Å². The van der Waals surface area contributed by atoms with E-state index >= 15 is 0 Å². The van der Waals surface area contributed by atoms with E-state index in [1.807, 2.05) is 18.2 Å². The fraction of sp³-hybridized carbons (Fsp3) is 0.200. The van der Waals surface area contributed by atoms with Crippen LogP contribution in [-0.4, -0.2) is 27.9 Å². The van der Waals surface area contributed by atoms with Gasteiger partial charge in [-0.3, -0.25) is 4.99 Å². The van der Waals surface area contributed by atoms with Gasteiger partial charge in [0, 0.05) is 11.3 Å². The zero-order valence-electron chi connectivity index (χ0n) is 7.68. The van der Waals surface area contributed by atoms with Crippen LogP contribution in [0.5, 0.6) is 0 Å². The molecule has 0 aromatic heterocycles. The minimum atomic E-state index is -0.885. The van der Waals surface area contributed by atoms with Crippen molar-refractivity contribution in [3.05, 3.63) is 34.9 Å². The number of hydrogen-bond donors (Lipinski definition) is 1. The topological polar surface area (TPSA) is 49.7 Å². The van der Waals surface area contributed by atoms with Gasteiger partial charge in [-0.15, -0.1) is 11.8 Å². The maximum absolute atomic E-state index is 10.7. The Labute approximate surface area is 96.2 Å². The molecule has 1 aromatic rings. The molecule has 1 N–H and O–H groups in total. The monoisotopic (exact) mass is 241 g/mol. The molecule has 0 aliphatic carbocycles. The van der Waals surface area contributed by atoms with Crippen molar-refractivity contribution in [3.63, 3.8) is 0 Å². The first-order valence-electron chi connectivity index (χ1n) is 4.37. The van der Waals surface area contributed by atoms with Crippen LogP contribution in [0.3, 0.4) is 0 Å². The van der Waals surface area contributed by atoms with Gasteiger partial charge in [0.15, 0.2) is 6.04 Å². The van der Waals surface area contributed by atoms with Gasteiger partial charge in [0.05, 0.1) is 5.02 Å². The molecule has 15 heavy (non-hydrogen) atoms. The molecule has 1 unspecified atom stereocenters. The van der Waals surface area contributed by atoms with Crippen molar-refractivity contribution in [2.24, 2.45) is 4.99 Å². The Morgan fingerprint density at radius 3 is 2.87 bits per heavy atom. The van der Waals surface area contributed by atoms with Gasteiger partial charge in [0.2, 0.25) is 0 Å². The number of carboxylic acids is 1. The third-order valence-corrected chi connectivity index (χ3v) is 3.45. The quantitative estimate of drug-likeness (QED) is 0.864. The molecular formula is C10H8ClNO2S. The molecule has 1 aliphatic heterocycles. The second-order valence-electron chi connectivity index (χ2n) is 3.08. The SMILES string of the molecule is O=C(O)C1CSC(c2ccccc2Cl)=N1. The summed E-state index contributed by atoms with van der Waals surface area (Å²) < 4.78 is 0. The summed E-state index contributed by atoms with van der Waals surface area (Å²) in [6.07, 6.45) is 0. The fourth-order valence-corrected chi connectivity index (χ4v) is 2.63. The third kappa shape index (κ3) is 2.16. The molecule has 0 saturated heterocycles. The number of carboxylic acid groups (broad SMARTS) is 1. The highest BCUT2D eigenvalue weighted by Crippen LogP contribution is 2.27. The van der Waals surface area contributed by atoms with Crippen LogP contribution >= 0.6 is 23.4 Å². The van der Waals surface area contributed by atoms with E-state index in [0.29, 0.717) is 15.8 Å². The molecule has 0 bridgehead atoms. The second-order valence-corrected chi connectivity index (χ2v) is 4.50. The largest absolute Gasteiger partial charge is 0.480 e. The van der Waals surface area contributed by atoms with Crippen molar-refractivity contribution in [1.29, 1.82) is 0 Å². The first-order chi connectivity index (χ1) is 7.18. The molecule has 1 aliphatic rings. The Morgan fingerprint density at radius 1 is 1.53 bits per heavy atom. The first-order valence-corrected chi connectivity index (χ1v) is 5.73. The average molecular weight is 242 g/mol. The smallest absolute Gasteiger partial charge is 0.329 e. The molecule has 0 amide bonds. The van der Waals surface area contributed by atoms with Crippen LogP contribution in [0.2, 0.25) is 5.02 Å². The number of aliphatic carboxylic acids is 1. The van der Waals surface area contributed by atoms with Gasteiger partial charge in [0.1, 0.15) is 5.04 Å². The highest BCUT2D eigenvalue weighted by Gasteiger charge is 2.25. The van der Waals surface area contributed by atoms with Crippen molar-refractivity contribution >= 4 is 34.4 Å². The number of nitrogens with zero attached hydrogens (tertiary/aromatic N) is 1. The van der Waals surface area contributed by atoms with E-state index in [-0.39, 0.29) is 0 Å². The summed E-state index contributed by atoms with van der Waals surface area (Å²) in [7, 11) is 0. The van der Waals surface area contributed by atoms with Crippen molar-refractivity contribution < 1.29 is 9.90 Å². The standard InChI is InChI=1S/C10H8ClNO2S/c11-7-4-2-1-3-6(7)9-12-8(5-15-9)10(13)14/h1-4,8H,5H2,(H,13,14).